The summed E-state index contributed by atoms with van der Waals surface area (Å²) in [5, 5.41) is 3.80. The van der Waals surface area contributed by atoms with Crippen LogP contribution in [0.3, 0.4) is 0 Å². The minimum Gasteiger partial charge on any atom is -0.497 e. The van der Waals surface area contributed by atoms with Crippen molar-refractivity contribution in [3.05, 3.63) is 29.8 Å². The lowest BCUT2D eigenvalue weighted by Crippen LogP contribution is -2.15. The van der Waals surface area contributed by atoms with Crippen molar-refractivity contribution in [2.75, 3.05) is 7.11 Å². The Morgan fingerprint density at radius 1 is 1.47 bits per heavy atom. The molecule has 0 saturated heterocycles. The second kappa shape index (κ2) is 5.80. The van der Waals surface area contributed by atoms with Gasteiger partial charge >= 0.3 is 0 Å². The third-order valence-corrected chi connectivity index (χ3v) is 1.84. The first-order valence-electron chi connectivity index (χ1n) is 4.72. The Hall–Kier alpha value is -1.84. The van der Waals surface area contributed by atoms with Crippen LogP contribution < -0.4 is 10.2 Å². The minimum absolute atomic E-state index is 0.0974. The molecule has 15 heavy (non-hydrogen) atoms. The molecule has 0 atom stereocenters. The Bertz CT molecular complexity index is 344. The molecule has 1 N–H and O–H groups in total. The number of ether oxygens (including phenoxy) is 1. The lowest BCUT2D eigenvalue weighted by atomic mass is 10.2. The molecule has 4 heteroatoms. The van der Waals surface area contributed by atoms with E-state index in [1.54, 1.807) is 20.2 Å². The molecular weight excluding hydrogens is 192 g/mol. The van der Waals surface area contributed by atoms with Crippen molar-refractivity contribution in [3.8, 4) is 5.75 Å². The van der Waals surface area contributed by atoms with Crippen molar-refractivity contribution in [1.82, 2.24) is 5.43 Å². The molecule has 0 bridgehead atoms. The second-order valence-corrected chi connectivity index (χ2v) is 2.92. The van der Waals surface area contributed by atoms with Crippen molar-refractivity contribution >= 4 is 12.1 Å². The fraction of sp³-hybridized carbons (Fsp3) is 0.273. The highest BCUT2D eigenvalue weighted by molar-refractivity contribution is 5.82. The fourth-order valence-corrected chi connectivity index (χ4v) is 0.948. The highest BCUT2D eigenvalue weighted by Gasteiger charge is 1.92. The highest BCUT2D eigenvalue weighted by Crippen LogP contribution is 2.09. The van der Waals surface area contributed by atoms with Crippen molar-refractivity contribution in [3.63, 3.8) is 0 Å². The van der Waals surface area contributed by atoms with Crippen LogP contribution in [0.2, 0.25) is 0 Å². The van der Waals surface area contributed by atoms with Crippen LogP contribution in [0.5, 0.6) is 5.75 Å². The van der Waals surface area contributed by atoms with E-state index in [9.17, 15) is 4.79 Å². The number of hydrogen-bond acceptors (Lipinski definition) is 3. The summed E-state index contributed by atoms with van der Waals surface area (Å²) >= 11 is 0. The number of rotatable bonds is 4. The van der Waals surface area contributed by atoms with Crippen molar-refractivity contribution < 1.29 is 9.53 Å². The van der Waals surface area contributed by atoms with Gasteiger partial charge in [-0.2, -0.15) is 5.10 Å². The molecule has 1 rings (SSSR count). The molecule has 1 amide bonds. The predicted octanol–water partition coefficient (Wildman–Crippen LogP) is 1.56. The maximum atomic E-state index is 10.9. The zero-order valence-corrected chi connectivity index (χ0v) is 8.86. The number of hydrogen-bond donors (Lipinski definition) is 1. The smallest absolute Gasteiger partial charge is 0.239 e. The van der Waals surface area contributed by atoms with Gasteiger partial charge in [-0.3, -0.25) is 4.79 Å². The molecule has 1 aromatic rings. The van der Waals surface area contributed by atoms with Gasteiger partial charge in [-0.15, -0.1) is 0 Å². The fourth-order valence-electron chi connectivity index (χ4n) is 0.948. The lowest BCUT2D eigenvalue weighted by molar-refractivity contribution is -0.120. The number of carbonyl (C=O) groups is 1. The van der Waals surface area contributed by atoms with Crippen LogP contribution in [0.25, 0.3) is 0 Å². The van der Waals surface area contributed by atoms with Gasteiger partial charge < -0.3 is 4.74 Å². The number of nitrogens with one attached hydrogen (secondary N) is 1. The number of hydrazone groups is 1. The Morgan fingerprint density at radius 2 is 2.13 bits per heavy atom. The molecule has 0 heterocycles. The summed E-state index contributed by atoms with van der Waals surface area (Å²) in [5.41, 5.74) is 3.32. The van der Waals surface area contributed by atoms with E-state index in [2.05, 4.69) is 10.5 Å². The highest BCUT2D eigenvalue weighted by atomic mass is 16.5. The maximum absolute atomic E-state index is 10.9. The summed E-state index contributed by atoms with van der Waals surface area (Å²) in [5.74, 6) is 0.699. The van der Waals surface area contributed by atoms with E-state index in [1.807, 2.05) is 24.3 Å². The monoisotopic (exact) mass is 206 g/mol. The summed E-state index contributed by atoms with van der Waals surface area (Å²) in [7, 11) is 1.62. The summed E-state index contributed by atoms with van der Waals surface area (Å²) < 4.78 is 5.02. The third kappa shape index (κ3) is 3.81. The molecule has 1 aromatic carbocycles. The van der Waals surface area contributed by atoms with E-state index in [0.717, 1.165) is 11.3 Å². The average Bonchev–Trinajstić information content (AvgIpc) is 2.29. The molecule has 4 nitrogen and oxygen atoms in total. The zero-order valence-electron chi connectivity index (χ0n) is 8.86. The number of amides is 1. The molecule has 0 aliphatic heterocycles. The van der Waals surface area contributed by atoms with Gasteiger partial charge in [0.25, 0.3) is 0 Å². The quantitative estimate of drug-likeness (QED) is 0.600. The van der Waals surface area contributed by atoms with Gasteiger partial charge in [0, 0.05) is 6.42 Å². The van der Waals surface area contributed by atoms with Gasteiger partial charge in [-0.1, -0.05) is 6.92 Å². The van der Waals surface area contributed by atoms with Gasteiger partial charge in [0.15, 0.2) is 0 Å². The van der Waals surface area contributed by atoms with Gasteiger partial charge in [0.2, 0.25) is 5.91 Å². The van der Waals surface area contributed by atoms with E-state index < -0.39 is 0 Å². The van der Waals surface area contributed by atoms with Gasteiger partial charge in [-0.25, -0.2) is 5.43 Å². The van der Waals surface area contributed by atoms with Crippen LogP contribution in [-0.4, -0.2) is 19.2 Å². The Morgan fingerprint density at radius 3 is 2.67 bits per heavy atom. The normalized spacial score (nSPS) is 10.3. The summed E-state index contributed by atoms with van der Waals surface area (Å²) in [6.07, 6.45) is 2.02. The van der Waals surface area contributed by atoms with Gasteiger partial charge in [0.1, 0.15) is 5.75 Å². The lowest BCUT2D eigenvalue weighted by Gasteiger charge is -1.98. The SMILES string of the molecule is CCC(=O)NN=Cc1ccc(OC)cc1. The Kier molecular flexibility index (Phi) is 4.34. The molecule has 0 aromatic heterocycles. The van der Waals surface area contributed by atoms with Crippen molar-refractivity contribution in [1.29, 1.82) is 0 Å². The average molecular weight is 206 g/mol. The molecule has 0 saturated carbocycles. The molecular formula is C11H14N2O2. The van der Waals surface area contributed by atoms with E-state index in [4.69, 9.17) is 4.74 Å². The molecule has 0 aliphatic rings. The minimum atomic E-state index is -0.0974. The van der Waals surface area contributed by atoms with Gasteiger partial charge in [-0.05, 0) is 29.8 Å². The van der Waals surface area contributed by atoms with Crippen LogP contribution in [0.4, 0.5) is 0 Å². The Labute approximate surface area is 88.9 Å². The first-order chi connectivity index (χ1) is 7.26. The predicted molar refractivity (Wildman–Crippen MR) is 59.0 cm³/mol. The number of nitrogens with zero attached hydrogens (tertiary/aromatic N) is 1. The molecule has 0 spiro atoms. The molecule has 0 aliphatic carbocycles. The molecule has 80 valence electrons. The summed E-state index contributed by atoms with van der Waals surface area (Å²) in [6.45, 7) is 1.78. The number of methoxy groups -OCH3 is 1. The van der Waals surface area contributed by atoms with Crippen molar-refractivity contribution in [2.45, 2.75) is 13.3 Å². The van der Waals surface area contributed by atoms with E-state index in [0.29, 0.717) is 6.42 Å². The van der Waals surface area contributed by atoms with Crippen molar-refractivity contribution in [2.24, 2.45) is 5.10 Å². The zero-order chi connectivity index (χ0) is 11.1. The van der Waals surface area contributed by atoms with Gasteiger partial charge in [0.05, 0.1) is 13.3 Å². The molecule has 0 fully saturated rings. The standard InChI is InChI=1S/C11H14N2O2/c1-3-11(14)13-12-8-9-4-6-10(15-2)7-5-9/h4-8H,3H2,1-2H3,(H,13,14). The van der Waals surface area contributed by atoms with E-state index in [-0.39, 0.29) is 5.91 Å². The van der Waals surface area contributed by atoms with Crippen LogP contribution >= 0.6 is 0 Å². The van der Waals surface area contributed by atoms with Crippen LogP contribution in [0, 0.1) is 0 Å². The summed E-state index contributed by atoms with van der Waals surface area (Å²) in [6, 6.07) is 7.40. The second-order valence-electron chi connectivity index (χ2n) is 2.92. The van der Waals surface area contributed by atoms with Crippen LogP contribution in [-0.2, 0) is 4.79 Å². The van der Waals surface area contributed by atoms with Crippen LogP contribution in [0.1, 0.15) is 18.9 Å². The molecule has 0 radical (unpaired) electrons. The first kappa shape index (κ1) is 11.2. The Balaban J connectivity index is 2.53. The molecule has 0 unspecified atom stereocenters. The maximum Gasteiger partial charge on any atom is 0.239 e. The van der Waals surface area contributed by atoms with Crippen LogP contribution in [0.15, 0.2) is 29.4 Å². The third-order valence-electron chi connectivity index (χ3n) is 1.84. The number of carbonyl (C=O) groups excluding carboxylic acids is 1. The van der Waals surface area contributed by atoms with E-state index in [1.165, 1.54) is 0 Å². The first-order valence-corrected chi connectivity index (χ1v) is 4.72. The number of benzene rings is 1. The topological polar surface area (TPSA) is 50.7 Å². The van der Waals surface area contributed by atoms with E-state index >= 15 is 0 Å². The summed E-state index contributed by atoms with van der Waals surface area (Å²) in [4.78, 5) is 10.9. The largest absolute Gasteiger partial charge is 0.497 e.